The van der Waals surface area contributed by atoms with Crippen LogP contribution in [0.2, 0.25) is 0 Å². The molecule has 0 saturated heterocycles. The van der Waals surface area contributed by atoms with Crippen LogP contribution < -0.4 is 5.32 Å². The molecule has 2 nitrogen and oxygen atoms in total. The van der Waals surface area contributed by atoms with E-state index in [4.69, 9.17) is 0 Å². The van der Waals surface area contributed by atoms with E-state index in [-0.39, 0.29) is 11.8 Å². The minimum absolute atomic E-state index is 0.230. The van der Waals surface area contributed by atoms with Gasteiger partial charge in [-0.15, -0.1) is 0 Å². The number of hydrogen-bond acceptors (Lipinski definition) is 1. The molecule has 2 aromatic rings. The van der Waals surface area contributed by atoms with Gasteiger partial charge in [0.1, 0.15) is 0 Å². The van der Waals surface area contributed by atoms with E-state index in [0.717, 1.165) is 23.4 Å². The maximum atomic E-state index is 12.5. The largest absolute Gasteiger partial charge is 0.325 e. The van der Waals surface area contributed by atoms with Crippen molar-refractivity contribution in [3.05, 3.63) is 42.5 Å². The minimum Gasteiger partial charge on any atom is -0.325 e. The highest BCUT2D eigenvalue weighted by Gasteiger charge is 2.43. The number of anilines is 1. The first-order chi connectivity index (χ1) is 9.81. The maximum Gasteiger partial charge on any atom is 0.227 e. The highest BCUT2D eigenvalue weighted by Crippen LogP contribution is 2.48. The van der Waals surface area contributed by atoms with Gasteiger partial charge >= 0.3 is 0 Å². The van der Waals surface area contributed by atoms with E-state index >= 15 is 0 Å². The summed E-state index contributed by atoms with van der Waals surface area (Å²) in [4.78, 5) is 12.5. The Labute approximate surface area is 119 Å². The van der Waals surface area contributed by atoms with E-state index in [2.05, 4.69) is 23.5 Å². The summed E-state index contributed by atoms with van der Waals surface area (Å²) < 4.78 is 0. The first kappa shape index (κ1) is 12.0. The molecule has 102 valence electrons. The molecule has 0 spiro atoms. The Morgan fingerprint density at radius 3 is 2.65 bits per heavy atom. The van der Waals surface area contributed by atoms with Crippen LogP contribution in [0.25, 0.3) is 10.8 Å². The molecule has 2 fully saturated rings. The molecule has 0 heterocycles. The Kier molecular flexibility index (Phi) is 2.76. The second-order valence-corrected chi connectivity index (χ2v) is 6.30. The minimum atomic E-state index is 0.230. The number of carbonyl (C=O) groups excluding carboxylic acids is 1. The van der Waals surface area contributed by atoms with Crippen molar-refractivity contribution in [2.24, 2.45) is 17.8 Å². The lowest BCUT2D eigenvalue weighted by molar-refractivity contribution is -0.121. The third kappa shape index (κ3) is 1.91. The normalized spacial score (nSPS) is 27.9. The summed E-state index contributed by atoms with van der Waals surface area (Å²) in [6, 6.07) is 14.3. The lowest BCUT2D eigenvalue weighted by Gasteiger charge is -2.21. The van der Waals surface area contributed by atoms with Gasteiger partial charge in [0.15, 0.2) is 0 Å². The van der Waals surface area contributed by atoms with Crippen molar-refractivity contribution in [3.63, 3.8) is 0 Å². The van der Waals surface area contributed by atoms with Crippen molar-refractivity contribution in [3.8, 4) is 0 Å². The average molecular weight is 265 g/mol. The standard InChI is InChI=1S/C18H19NO/c20-18(16-11-12-8-9-14(16)10-12)19-17-7-3-5-13-4-1-2-6-15(13)17/h1-7,12,14,16H,8-11H2,(H,19,20)/t12-,14-,16+/m0/s1. The van der Waals surface area contributed by atoms with Gasteiger partial charge in [-0.3, -0.25) is 4.79 Å². The molecule has 1 amide bonds. The molecule has 0 unspecified atom stereocenters. The quantitative estimate of drug-likeness (QED) is 0.865. The molecule has 0 aromatic heterocycles. The number of amides is 1. The first-order valence-electron chi connectivity index (χ1n) is 7.60. The van der Waals surface area contributed by atoms with Gasteiger partial charge in [0, 0.05) is 17.0 Å². The van der Waals surface area contributed by atoms with Crippen LogP contribution in [0, 0.1) is 17.8 Å². The maximum absolute atomic E-state index is 12.5. The van der Waals surface area contributed by atoms with Crippen molar-refractivity contribution < 1.29 is 4.79 Å². The molecule has 3 atom stereocenters. The van der Waals surface area contributed by atoms with Crippen LogP contribution in [0.4, 0.5) is 5.69 Å². The van der Waals surface area contributed by atoms with E-state index in [9.17, 15) is 4.79 Å². The van der Waals surface area contributed by atoms with Crippen LogP contribution in [0.1, 0.15) is 25.7 Å². The van der Waals surface area contributed by atoms with Gasteiger partial charge < -0.3 is 5.32 Å². The highest BCUT2D eigenvalue weighted by molar-refractivity contribution is 6.02. The zero-order valence-electron chi connectivity index (χ0n) is 11.5. The summed E-state index contributed by atoms with van der Waals surface area (Å²) in [5, 5.41) is 5.48. The molecule has 2 aliphatic carbocycles. The summed E-state index contributed by atoms with van der Waals surface area (Å²) in [5.74, 6) is 1.92. The predicted molar refractivity (Wildman–Crippen MR) is 81.5 cm³/mol. The molecule has 20 heavy (non-hydrogen) atoms. The fraction of sp³-hybridized carbons (Fsp3) is 0.389. The molecule has 2 saturated carbocycles. The number of rotatable bonds is 2. The van der Waals surface area contributed by atoms with Gasteiger partial charge in [-0.05, 0) is 42.6 Å². The summed E-state index contributed by atoms with van der Waals surface area (Å²) >= 11 is 0. The predicted octanol–water partition coefficient (Wildman–Crippen LogP) is 4.21. The summed E-state index contributed by atoms with van der Waals surface area (Å²) in [5.41, 5.74) is 0.955. The van der Waals surface area contributed by atoms with Crippen LogP contribution in [0.15, 0.2) is 42.5 Å². The van der Waals surface area contributed by atoms with Crippen molar-refractivity contribution in [1.82, 2.24) is 0 Å². The second-order valence-electron chi connectivity index (χ2n) is 6.30. The molecule has 2 aromatic carbocycles. The number of carbonyl (C=O) groups is 1. The van der Waals surface area contributed by atoms with Crippen molar-refractivity contribution in [2.75, 3.05) is 5.32 Å². The summed E-state index contributed by atoms with van der Waals surface area (Å²) in [6.45, 7) is 0. The average Bonchev–Trinajstić information content (AvgIpc) is 3.10. The highest BCUT2D eigenvalue weighted by atomic mass is 16.1. The number of fused-ring (bicyclic) bond motifs is 3. The molecular formula is C18H19NO. The molecule has 4 rings (SSSR count). The fourth-order valence-electron chi connectivity index (χ4n) is 4.13. The van der Waals surface area contributed by atoms with Gasteiger partial charge in [0.2, 0.25) is 5.91 Å². The van der Waals surface area contributed by atoms with Crippen LogP contribution in [0.5, 0.6) is 0 Å². The van der Waals surface area contributed by atoms with E-state index in [1.54, 1.807) is 0 Å². The van der Waals surface area contributed by atoms with E-state index in [1.165, 1.54) is 24.6 Å². The Bertz CT molecular complexity index is 658. The van der Waals surface area contributed by atoms with E-state index in [0.29, 0.717) is 5.92 Å². The van der Waals surface area contributed by atoms with Crippen LogP contribution in [0.3, 0.4) is 0 Å². The van der Waals surface area contributed by atoms with Gasteiger partial charge in [0.05, 0.1) is 0 Å². The molecule has 2 heteroatoms. The monoisotopic (exact) mass is 265 g/mol. The van der Waals surface area contributed by atoms with Crippen LogP contribution in [-0.4, -0.2) is 5.91 Å². The SMILES string of the molecule is O=C(Nc1cccc2ccccc12)[C@@H]1C[C@H]2CC[C@H]1C2. The molecule has 1 N–H and O–H groups in total. The first-order valence-corrected chi connectivity index (χ1v) is 7.60. The van der Waals surface area contributed by atoms with E-state index < -0.39 is 0 Å². The van der Waals surface area contributed by atoms with Crippen molar-refractivity contribution >= 4 is 22.4 Å². The lowest BCUT2D eigenvalue weighted by atomic mass is 9.88. The van der Waals surface area contributed by atoms with Gasteiger partial charge in [-0.1, -0.05) is 42.8 Å². The Morgan fingerprint density at radius 2 is 1.85 bits per heavy atom. The third-order valence-electron chi connectivity index (χ3n) is 5.12. The summed E-state index contributed by atoms with van der Waals surface area (Å²) in [7, 11) is 0. The number of nitrogens with one attached hydrogen (secondary N) is 1. The van der Waals surface area contributed by atoms with Crippen molar-refractivity contribution in [1.29, 1.82) is 0 Å². The fourth-order valence-corrected chi connectivity index (χ4v) is 4.13. The summed E-state index contributed by atoms with van der Waals surface area (Å²) in [6.07, 6.45) is 4.95. The molecule has 2 aliphatic rings. The molecule has 0 aliphatic heterocycles. The van der Waals surface area contributed by atoms with Crippen LogP contribution >= 0.6 is 0 Å². The second kappa shape index (κ2) is 4.62. The van der Waals surface area contributed by atoms with Crippen LogP contribution in [-0.2, 0) is 4.79 Å². The van der Waals surface area contributed by atoms with Gasteiger partial charge in [0.25, 0.3) is 0 Å². The topological polar surface area (TPSA) is 29.1 Å². The zero-order chi connectivity index (χ0) is 13.5. The van der Waals surface area contributed by atoms with Gasteiger partial charge in [-0.2, -0.15) is 0 Å². The third-order valence-corrected chi connectivity index (χ3v) is 5.12. The molecule has 2 bridgehead atoms. The Morgan fingerprint density at radius 1 is 1.00 bits per heavy atom. The molecule has 0 radical (unpaired) electrons. The number of hydrogen-bond donors (Lipinski definition) is 1. The van der Waals surface area contributed by atoms with Gasteiger partial charge in [-0.25, -0.2) is 0 Å². The lowest BCUT2D eigenvalue weighted by Crippen LogP contribution is -2.27. The number of benzene rings is 2. The smallest absolute Gasteiger partial charge is 0.227 e. The zero-order valence-corrected chi connectivity index (χ0v) is 11.5. The molecular weight excluding hydrogens is 246 g/mol. The Hall–Kier alpha value is -1.83. The Balaban J connectivity index is 1.60. The van der Waals surface area contributed by atoms with Crippen molar-refractivity contribution in [2.45, 2.75) is 25.7 Å². The van der Waals surface area contributed by atoms with E-state index in [1.807, 2.05) is 24.3 Å².